The third-order valence-electron chi connectivity index (χ3n) is 7.09. The molecule has 2 fully saturated rings. The number of carbonyl (C=O) groups is 5. The number of nitrogens with zero attached hydrogens (tertiary/aromatic N) is 2. The smallest absolute Gasteiger partial charge is 0.328 e. The number of amides is 4. The lowest BCUT2D eigenvalue weighted by atomic mass is 9.99. The Morgan fingerprint density at radius 1 is 0.789 bits per heavy atom. The molecule has 0 saturated carbocycles. The fraction of sp³-hybridized carbons (Fsp3) is 0.593. The molecule has 0 aromatic heterocycles. The number of esters is 1. The van der Waals surface area contributed by atoms with Crippen molar-refractivity contribution >= 4 is 29.6 Å². The van der Waals surface area contributed by atoms with Crippen molar-refractivity contribution in [1.29, 1.82) is 0 Å². The Morgan fingerprint density at radius 3 is 1.82 bits per heavy atom. The number of rotatable bonds is 8. The molecule has 1 aromatic carbocycles. The van der Waals surface area contributed by atoms with Gasteiger partial charge < -0.3 is 29.9 Å². The first kappa shape index (κ1) is 28.9. The number of hydrogen-bond donors (Lipinski definition) is 2. The van der Waals surface area contributed by atoms with E-state index in [0.717, 1.165) is 0 Å². The van der Waals surface area contributed by atoms with Crippen LogP contribution < -0.4 is 15.4 Å². The second-order valence-corrected chi connectivity index (χ2v) is 10.8. The maximum absolute atomic E-state index is 13.5. The van der Waals surface area contributed by atoms with Gasteiger partial charge in [0.15, 0.2) is 0 Å². The van der Waals surface area contributed by atoms with E-state index in [-0.39, 0.29) is 5.91 Å². The summed E-state index contributed by atoms with van der Waals surface area (Å²) in [6, 6.07) is 5.05. The van der Waals surface area contributed by atoms with Gasteiger partial charge in [0.05, 0.1) is 14.2 Å². The van der Waals surface area contributed by atoms with E-state index in [1.165, 1.54) is 24.0 Å². The van der Waals surface area contributed by atoms with Crippen molar-refractivity contribution < 1.29 is 33.4 Å². The lowest BCUT2D eigenvalue weighted by Gasteiger charge is -2.36. The molecule has 11 heteroatoms. The Balaban J connectivity index is 1.67. The first-order valence-electron chi connectivity index (χ1n) is 12.8. The summed E-state index contributed by atoms with van der Waals surface area (Å²) in [6.45, 7) is 7.10. The van der Waals surface area contributed by atoms with Gasteiger partial charge in [0.1, 0.15) is 28.9 Å². The van der Waals surface area contributed by atoms with Crippen LogP contribution in [0.1, 0.15) is 63.7 Å². The van der Waals surface area contributed by atoms with Crippen molar-refractivity contribution in [2.75, 3.05) is 27.3 Å². The Labute approximate surface area is 223 Å². The average molecular weight is 531 g/mol. The Morgan fingerprint density at radius 2 is 1.29 bits per heavy atom. The first-order chi connectivity index (χ1) is 17.8. The summed E-state index contributed by atoms with van der Waals surface area (Å²) in [5.74, 6) is -1.55. The Hall–Kier alpha value is -3.63. The predicted molar refractivity (Wildman–Crippen MR) is 138 cm³/mol. The largest absolute Gasteiger partial charge is 0.497 e. The Kier molecular flexibility index (Phi) is 8.68. The number of methoxy groups -OCH3 is 2. The summed E-state index contributed by atoms with van der Waals surface area (Å²) in [7, 11) is 2.81. The Bertz CT molecular complexity index is 1080. The summed E-state index contributed by atoms with van der Waals surface area (Å²) in [5, 5.41) is 5.55. The van der Waals surface area contributed by atoms with E-state index >= 15 is 0 Å². The molecule has 208 valence electrons. The molecule has 2 heterocycles. The predicted octanol–water partition coefficient (Wildman–Crippen LogP) is 1.25. The summed E-state index contributed by atoms with van der Waals surface area (Å²) in [4.78, 5) is 67.9. The van der Waals surface area contributed by atoms with E-state index in [2.05, 4.69) is 10.6 Å². The molecule has 2 atom stereocenters. The first-order valence-corrected chi connectivity index (χ1v) is 12.8. The van der Waals surface area contributed by atoms with Gasteiger partial charge >= 0.3 is 5.97 Å². The van der Waals surface area contributed by atoms with Crippen LogP contribution in [0.15, 0.2) is 24.3 Å². The highest BCUT2D eigenvalue weighted by Gasteiger charge is 2.45. The van der Waals surface area contributed by atoms with E-state index in [0.29, 0.717) is 50.1 Å². The lowest BCUT2D eigenvalue weighted by Crippen LogP contribution is -2.62. The molecule has 1 aromatic rings. The third kappa shape index (κ3) is 6.08. The number of likely N-dealkylation sites (tertiary alicyclic amines) is 2. The lowest BCUT2D eigenvalue weighted by molar-refractivity contribution is -0.153. The van der Waals surface area contributed by atoms with Gasteiger partial charge in [0, 0.05) is 18.7 Å². The average Bonchev–Trinajstić information content (AvgIpc) is 3.57. The second kappa shape index (κ2) is 11.4. The third-order valence-corrected chi connectivity index (χ3v) is 7.09. The highest BCUT2D eigenvalue weighted by molar-refractivity contribution is 6.01. The number of ether oxygens (including phenoxy) is 2. The van der Waals surface area contributed by atoms with E-state index in [4.69, 9.17) is 9.47 Å². The zero-order valence-corrected chi connectivity index (χ0v) is 23.0. The van der Waals surface area contributed by atoms with E-state index < -0.39 is 46.9 Å². The monoisotopic (exact) mass is 530 g/mol. The SMILES string of the molecule is COC(=O)[C@@H]1CCCN1C(=O)C(C)(C)NC(=O)[C@@H]1CCCN1C(=O)C(C)(C)NC(=O)c1ccc(OC)cc1. The van der Waals surface area contributed by atoms with Crippen molar-refractivity contribution in [3.63, 3.8) is 0 Å². The standard InChI is InChI=1S/C27H38N4O7/c1-26(2,28-21(32)17-11-13-18(37-5)14-12-17)24(35)30-15-7-9-19(30)22(33)29-27(3,4)25(36)31-16-8-10-20(31)23(34)38-6/h11-14,19-20H,7-10,15-16H2,1-6H3,(H,28,32)(H,29,33)/t19-,20-/m0/s1. The van der Waals surface area contributed by atoms with Crippen LogP contribution in [0, 0.1) is 0 Å². The summed E-state index contributed by atoms with van der Waals surface area (Å²) >= 11 is 0. The van der Waals surface area contributed by atoms with Gasteiger partial charge in [0.2, 0.25) is 17.7 Å². The van der Waals surface area contributed by atoms with Crippen LogP contribution >= 0.6 is 0 Å². The van der Waals surface area contributed by atoms with Crippen LogP contribution in [0.4, 0.5) is 0 Å². The summed E-state index contributed by atoms with van der Waals surface area (Å²) < 4.78 is 9.94. The molecule has 4 amide bonds. The number of hydrogen-bond acceptors (Lipinski definition) is 7. The van der Waals surface area contributed by atoms with Crippen LogP contribution in [-0.2, 0) is 23.9 Å². The van der Waals surface area contributed by atoms with Crippen LogP contribution in [0.5, 0.6) is 5.75 Å². The van der Waals surface area contributed by atoms with Crippen molar-refractivity contribution in [3.05, 3.63) is 29.8 Å². The number of nitrogens with one attached hydrogen (secondary N) is 2. The van der Waals surface area contributed by atoms with Crippen LogP contribution in [0.3, 0.4) is 0 Å². The normalized spacial score (nSPS) is 19.6. The van der Waals surface area contributed by atoms with Crippen LogP contribution in [0.25, 0.3) is 0 Å². The second-order valence-electron chi connectivity index (χ2n) is 10.8. The van der Waals surface area contributed by atoms with Crippen LogP contribution in [0.2, 0.25) is 0 Å². The maximum atomic E-state index is 13.5. The molecule has 0 spiro atoms. The maximum Gasteiger partial charge on any atom is 0.328 e. The van der Waals surface area contributed by atoms with Gasteiger partial charge in [0.25, 0.3) is 5.91 Å². The van der Waals surface area contributed by atoms with Gasteiger partial charge in [-0.2, -0.15) is 0 Å². The van der Waals surface area contributed by atoms with Crippen molar-refractivity contribution in [3.8, 4) is 5.75 Å². The quantitative estimate of drug-likeness (QED) is 0.483. The minimum atomic E-state index is -1.30. The minimum Gasteiger partial charge on any atom is -0.497 e. The highest BCUT2D eigenvalue weighted by atomic mass is 16.5. The van der Waals surface area contributed by atoms with E-state index in [1.807, 2.05) is 0 Å². The van der Waals surface area contributed by atoms with Gasteiger partial charge in [-0.05, 0) is 77.6 Å². The zero-order valence-electron chi connectivity index (χ0n) is 23.0. The van der Waals surface area contributed by atoms with Gasteiger partial charge in [-0.25, -0.2) is 4.79 Å². The van der Waals surface area contributed by atoms with Crippen molar-refractivity contribution in [2.24, 2.45) is 0 Å². The molecule has 3 rings (SSSR count). The fourth-order valence-corrected chi connectivity index (χ4v) is 4.99. The highest BCUT2D eigenvalue weighted by Crippen LogP contribution is 2.25. The van der Waals surface area contributed by atoms with Gasteiger partial charge in [-0.3, -0.25) is 19.2 Å². The molecular weight excluding hydrogens is 492 g/mol. The van der Waals surface area contributed by atoms with Gasteiger partial charge in [-0.15, -0.1) is 0 Å². The number of carbonyl (C=O) groups excluding carboxylic acids is 5. The van der Waals surface area contributed by atoms with E-state index in [9.17, 15) is 24.0 Å². The summed E-state index contributed by atoms with van der Waals surface area (Å²) in [6.07, 6.45) is 2.21. The molecule has 0 radical (unpaired) electrons. The molecule has 2 N–H and O–H groups in total. The van der Waals surface area contributed by atoms with Crippen molar-refractivity contribution in [1.82, 2.24) is 20.4 Å². The molecule has 2 aliphatic rings. The molecule has 2 aliphatic heterocycles. The zero-order chi connectivity index (χ0) is 28.3. The molecule has 38 heavy (non-hydrogen) atoms. The molecule has 0 aliphatic carbocycles. The topological polar surface area (TPSA) is 134 Å². The number of benzene rings is 1. The molecule has 11 nitrogen and oxygen atoms in total. The van der Waals surface area contributed by atoms with Crippen LogP contribution in [-0.4, -0.2) is 89.9 Å². The molecule has 0 unspecified atom stereocenters. The fourth-order valence-electron chi connectivity index (χ4n) is 4.99. The molecular formula is C27H38N4O7. The summed E-state index contributed by atoms with van der Waals surface area (Å²) in [5.41, 5.74) is -2.22. The van der Waals surface area contributed by atoms with Gasteiger partial charge in [-0.1, -0.05) is 0 Å². The molecule has 2 saturated heterocycles. The van der Waals surface area contributed by atoms with E-state index in [1.54, 1.807) is 52.0 Å². The van der Waals surface area contributed by atoms with Crippen molar-refractivity contribution in [2.45, 2.75) is 76.5 Å². The minimum absolute atomic E-state index is 0.351. The molecule has 0 bridgehead atoms.